The van der Waals surface area contributed by atoms with Crippen molar-refractivity contribution in [3.05, 3.63) is 72.4 Å². The van der Waals surface area contributed by atoms with Gasteiger partial charge >= 0.3 is 0 Å². The molecule has 0 saturated heterocycles. The molecular formula is C26H33NO2. The number of carbonyl (C=O) groups excluding carboxylic acids is 2. The minimum atomic E-state index is 0.0368. The lowest BCUT2D eigenvalue weighted by Crippen LogP contribution is -2.24. The van der Waals surface area contributed by atoms with Crippen LogP contribution in [0.2, 0.25) is 0 Å². The monoisotopic (exact) mass is 391 g/mol. The van der Waals surface area contributed by atoms with E-state index >= 15 is 0 Å². The quantitative estimate of drug-likeness (QED) is 0.386. The van der Waals surface area contributed by atoms with Gasteiger partial charge in [-0.1, -0.05) is 60.7 Å². The number of nitrogens with one attached hydrogen (secondary N) is 1. The molecule has 0 spiro atoms. The highest BCUT2D eigenvalue weighted by Gasteiger charge is 2.26. The largest absolute Gasteiger partial charge is 0.353 e. The number of amides is 1. The number of benzene rings is 1. The summed E-state index contributed by atoms with van der Waals surface area (Å²) in [5, 5.41) is 3.02. The van der Waals surface area contributed by atoms with E-state index in [2.05, 4.69) is 53.9 Å². The van der Waals surface area contributed by atoms with Crippen molar-refractivity contribution >= 4 is 11.7 Å². The standard InChI is InChI=1S/C26H33NO2/c28-25-20-17-22(14-8-4-7-13-21-11-5-3-6-12-21)24(25)15-9-1-2-10-16-26(29)27-23-18-19-23/h1,3,5-6,8-9,11-12,14,17,20,22-24H,2,4,7,10,13,15-16,18-19H2,(H,27,29)/b9-1-,14-8+/t22-,24+/m0/s1. The van der Waals surface area contributed by atoms with Gasteiger partial charge in [0.1, 0.15) is 0 Å². The summed E-state index contributed by atoms with van der Waals surface area (Å²) in [5.74, 6) is 0.661. The van der Waals surface area contributed by atoms with E-state index in [9.17, 15) is 9.59 Å². The molecule has 0 radical (unpaired) electrons. The number of hydrogen-bond acceptors (Lipinski definition) is 2. The highest BCUT2D eigenvalue weighted by molar-refractivity contribution is 5.95. The zero-order valence-corrected chi connectivity index (χ0v) is 17.3. The Balaban J connectivity index is 1.31. The molecule has 2 aliphatic carbocycles. The molecule has 1 fully saturated rings. The smallest absolute Gasteiger partial charge is 0.220 e. The van der Waals surface area contributed by atoms with E-state index in [0.717, 1.165) is 51.4 Å². The molecule has 0 unspecified atom stereocenters. The summed E-state index contributed by atoms with van der Waals surface area (Å²) >= 11 is 0. The first-order valence-electron chi connectivity index (χ1n) is 11.1. The minimum Gasteiger partial charge on any atom is -0.353 e. The summed E-state index contributed by atoms with van der Waals surface area (Å²) in [6.07, 6.45) is 21.1. The second-order valence-electron chi connectivity index (χ2n) is 8.19. The summed E-state index contributed by atoms with van der Waals surface area (Å²) in [6.45, 7) is 0. The van der Waals surface area contributed by atoms with Crippen LogP contribution in [-0.4, -0.2) is 17.7 Å². The van der Waals surface area contributed by atoms with Crippen molar-refractivity contribution in [3.8, 4) is 0 Å². The van der Waals surface area contributed by atoms with Crippen molar-refractivity contribution < 1.29 is 9.59 Å². The third-order valence-corrected chi connectivity index (χ3v) is 5.62. The number of hydrogen-bond donors (Lipinski definition) is 1. The Morgan fingerprint density at radius 2 is 1.83 bits per heavy atom. The zero-order valence-electron chi connectivity index (χ0n) is 17.3. The van der Waals surface area contributed by atoms with E-state index in [1.807, 2.05) is 12.1 Å². The molecule has 0 heterocycles. The first-order chi connectivity index (χ1) is 14.2. The Kier molecular flexibility index (Phi) is 8.48. The van der Waals surface area contributed by atoms with Crippen LogP contribution in [0.4, 0.5) is 0 Å². The molecule has 154 valence electrons. The predicted molar refractivity (Wildman–Crippen MR) is 118 cm³/mol. The minimum absolute atomic E-state index is 0.0368. The third-order valence-electron chi connectivity index (χ3n) is 5.62. The summed E-state index contributed by atoms with van der Waals surface area (Å²) in [4.78, 5) is 23.8. The maximum absolute atomic E-state index is 12.2. The molecule has 2 atom stereocenters. The molecule has 1 saturated carbocycles. The average Bonchev–Trinajstić information content (AvgIpc) is 3.47. The first kappa shape index (κ1) is 21.3. The van der Waals surface area contributed by atoms with Gasteiger partial charge in [-0.15, -0.1) is 0 Å². The number of allylic oxidation sites excluding steroid dienone is 6. The Morgan fingerprint density at radius 3 is 2.62 bits per heavy atom. The molecule has 0 aliphatic heterocycles. The van der Waals surface area contributed by atoms with Crippen molar-refractivity contribution in [3.63, 3.8) is 0 Å². The van der Waals surface area contributed by atoms with Crippen LogP contribution in [0.25, 0.3) is 0 Å². The van der Waals surface area contributed by atoms with Gasteiger partial charge in [0.2, 0.25) is 5.91 Å². The molecule has 1 aromatic rings. The van der Waals surface area contributed by atoms with Crippen LogP contribution in [0.15, 0.2) is 66.8 Å². The third kappa shape index (κ3) is 7.84. The van der Waals surface area contributed by atoms with Gasteiger partial charge in [-0.3, -0.25) is 9.59 Å². The number of unbranched alkanes of at least 4 members (excludes halogenated alkanes) is 2. The van der Waals surface area contributed by atoms with Gasteiger partial charge < -0.3 is 5.32 Å². The SMILES string of the molecule is O=C(CCC/C=C\C[C@H]1C(=O)C=C[C@@H]1/C=C/CCCc1ccccc1)NC1CC1. The van der Waals surface area contributed by atoms with Crippen molar-refractivity contribution in [2.24, 2.45) is 11.8 Å². The Labute approximate surface area is 175 Å². The molecular weight excluding hydrogens is 358 g/mol. The van der Waals surface area contributed by atoms with Crippen LogP contribution in [0, 0.1) is 11.8 Å². The normalized spacial score (nSPS) is 21.4. The van der Waals surface area contributed by atoms with Crippen LogP contribution in [-0.2, 0) is 16.0 Å². The van der Waals surface area contributed by atoms with Crippen LogP contribution < -0.4 is 5.32 Å². The van der Waals surface area contributed by atoms with Gasteiger partial charge in [0.15, 0.2) is 5.78 Å². The molecule has 3 rings (SSSR count). The highest BCUT2D eigenvalue weighted by Crippen LogP contribution is 2.27. The van der Waals surface area contributed by atoms with E-state index in [1.54, 1.807) is 6.08 Å². The summed E-state index contributed by atoms with van der Waals surface area (Å²) in [7, 11) is 0. The van der Waals surface area contributed by atoms with Crippen LogP contribution >= 0.6 is 0 Å². The van der Waals surface area contributed by atoms with Gasteiger partial charge in [0.05, 0.1) is 0 Å². The van der Waals surface area contributed by atoms with E-state index in [0.29, 0.717) is 12.5 Å². The molecule has 3 heteroatoms. The van der Waals surface area contributed by atoms with Gasteiger partial charge in [0, 0.05) is 24.3 Å². The highest BCUT2D eigenvalue weighted by atomic mass is 16.1. The fourth-order valence-corrected chi connectivity index (χ4v) is 3.72. The van der Waals surface area contributed by atoms with Crippen LogP contribution in [0.1, 0.15) is 56.9 Å². The van der Waals surface area contributed by atoms with Gasteiger partial charge in [-0.25, -0.2) is 0 Å². The second-order valence-corrected chi connectivity index (χ2v) is 8.19. The molecule has 0 bridgehead atoms. The Morgan fingerprint density at radius 1 is 1.03 bits per heavy atom. The second kappa shape index (κ2) is 11.5. The van der Waals surface area contributed by atoms with Crippen LogP contribution in [0.3, 0.4) is 0 Å². The first-order valence-corrected chi connectivity index (χ1v) is 11.1. The summed E-state index contributed by atoms with van der Waals surface area (Å²) in [6, 6.07) is 11.0. The molecule has 1 aromatic carbocycles. The van der Waals surface area contributed by atoms with Crippen molar-refractivity contribution in [1.29, 1.82) is 0 Å². The van der Waals surface area contributed by atoms with Gasteiger partial charge in [-0.05, 0) is 63.0 Å². The fourth-order valence-electron chi connectivity index (χ4n) is 3.72. The Hall–Kier alpha value is -2.42. The molecule has 1 N–H and O–H groups in total. The average molecular weight is 392 g/mol. The van der Waals surface area contributed by atoms with Crippen LogP contribution in [0.5, 0.6) is 0 Å². The molecule has 3 nitrogen and oxygen atoms in total. The molecule has 0 aromatic heterocycles. The summed E-state index contributed by atoms with van der Waals surface area (Å²) in [5.41, 5.74) is 1.38. The lowest BCUT2D eigenvalue weighted by atomic mass is 9.90. The van der Waals surface area contributed by atoms with E-state index < -0.39 is 0 Å². The zero-order chi connectivity index (χ0) is 20.3. The molecule has 2 aliphatic rings. The number of ketones is 1. The topological polar surface area (TPSA) is 46.2 Å². The number of rotatable bonds is 12. The number of aryl methyl sites for hydroxylation is 1. The van der Waals surface area contributed by atoms with Gasteiger partial charge in [0.25, 0.3) is 0 Å². The van der Waals surface area contributed by atoms with Gasteiger partial charge in [-0.2, -0.15) is 0 Å². The fraction of sp³-hybridized carbons (Fsp3) is 0.462. The predicted octanol–water partition coefficient (Wildman–Crippen LogP) is 5.33. The number of carbonyl (C=O) groups is 2. The van der Waals surface area contributed by atoms with E-state index in [1.165, 1.54) is 5.56 Å². The van der Waals surface area contributed by atoms with Crippen molar-refractivity contribution in [2.45, 2.75) is 63.8 Å². The van der Waals surface area contributed by atoms with E-state index in [4.69, 9.17) is 0 Å². The molecule has 29 heavy (non-hydrogen) atoms. The molecule has 1 amide bonds. The lowest BCUT2D eigenvalue weighted by Gasteiger charge is -2.12. The lowest BCUT2D eigenvalue weighted by molar-refractivity contribution is -0.121. The maximum Gasteiger partial charge on any atom is 0.220 e. The maximum atomic E-state index is 12.2. The Bertz CT molecular complexity index is 743. The van der Waals surface area contributed by atoms with Crippen molar-refractivity contribution in [1.82, 2.24) is 5.32 Å². The van der Waals surface area contributed by atoms with E-state index in [-0.39, 0.29) is 23.5 Å². The van der Waals surface area contributed by atoms with Crippen molar-refractivity contribution in [2.75, 3.05) is 0 Å². The summed E-state index contributed by atoms with van der Waals surface area (Å²) < 4.78 is 0.